The lowest BCUT2D eigenvalue weighted by Gasteiger charge is -2.23. The molecule has 0 spiro atoms. The number of carbonyl (C=O) groups excluding carboxylic acids is 1. The maximum Gasteiger partial charge on any atom is 0.284 e. The Bertz CT molecular complexity index is 701. The molecule has 0 bridgehead atoms. The average Bonchev–Trinajstić information content (AvgIpc) is 2.55. The number of amidine groups is 1. The van der Waals surface area contributed by atoms with Crippen molar-refractivity contribution in [2.45, 2.75) is 6.42 Å². The number of allylic oxidation sites excluding steroid dienone is 1. The van der Waals surface area contributed by atoms with Crippen molar-refractivity contribution in [3.63, 3.8) is 0 Å². The first-order chi connectivity index (χ1) is 10.7. The number of benzene rings is 1. The van der Waals surface area contributed by atoms with Gasteiger partial charge in [0.15, 0.2) is 5.84 Å². The second kappa shape index (κ2) is 6.17. The summed E-state index contributed by atoms with van der Waals surface area (Å²) in [6.45, 7) is 0.701. The van der Waals surface area contributed by atoms with E-state index < -0.39 is 5.91 Å². The summed E-state index contributed by atoms with van der Waals surface area (Å²) in [5, 5.41) is 9.00. The van der Waals surface area contributed by atoms with E-state index in [4.69, 9.17) is 5.73 Å². The molecule has 1 aromatic carbocycles. The van der Waals surface area contributed by atoms with Gasteiger partial charge >= 0.3 is 0 Å². The molecule has 6 nitrogen and oxygen atoms in total. The normalized spacial score (nSPS) is 16.0. The number of dihydropyridines is 1. The Morgan fingerprint density at radius 2 is 2.14 bits per heavy atom. The lowest BCUT2D eigenvalue weighted by atomic mass is 10.1. The Kier molecular flexibility index (Phi) is 3.91. The predicted octanol–water partition coefficient (Wildman–Crippen LogP) is 0.279. The molecule has 1 amide bonds. The molecular formula is C16H16N5O. The first-order valence-electron chi connectivity index (χ1n) is 6.96. The van der Waals surface area contributed by atoms with E-state index in [1.54, 1.807) is 12.3 Å². The summed E-state index contributed by atoms with van der Waals surface area (Å²) in [6.07, 6.45) is 7.24. The van der Waals surface area contributed by atoms with Crippen LogP contribution in [0.15, 0.2) is 64.7 Å². The molecule has 1 aromatic rings. The van der Waals surface area contributed by atoms with Gasteiger partial charge in [0.25, 0.3) is 5.91 Å². The number of rotatable bonds is 5. The SMILES string of the molecule is NC(=O)C1=NC(NCCc2ccccc2)=C2C=[C]NC=C2N1. The van der Waals surface area contributed by atoms with Crippen molar-refractivity contribution in [2.75, 3.05) is 6.54 Å². The van der Waals surface area contributed by atoms with Crippen molar-refractivity contribution in [1.82, 2.24) is 16.0 Å². The van der Waals surface area contributed by atoms with Gasteiger partial charge in [0.2, 0.25) is 0 Å². The Hall–Kier alpha value is -3.02. The van der Waals surface area contributed by atoms with Crippen LogP contribution in [0.4, 0.5) is 0 Å². The minimum Gasteiger partial charge on any atom is -0.369 e. The van der Waals surface area contributed by atoms with Gasteiger partial charge in [-0.2, -0.15) is 0 Å². The van der Waals surface area contributed by atoms with E-state index in [0.29, 0.717) is 12.4 Å². The largest absolute Gasteiger partial charge is 0.369 e. The molecule has 6 heteroatoms. The maximum absolute atomic E-state index is 11.4. The molecule has 0 unspecified atom stereocenters. The highest BCUT2D eigenvalue weighted by Crippen LogP contribution is 2.19. The quantitative estimate of drug-likeness (QED) is 0.628. The summed E-state index contributed by atoms with van der Waals surface area (Å²) in [5.74, 6) is 0.138. The topological polar surface area (TPSA) is 91.5 Å². The fourth-order valence-corrected chi connectivity index (χ4v) is 2.23. The molecule has 1 radical (unpaired) electrons. The Balaban J connectivity index is 1.75. The van der Waals surface area contributed by atoms with E-state index in [9.17, 15) is 4.79 Å². The Morgan fingerprint density at radius 1 is 1.32 bits per heavy atom. The molecule has 2 aliphatic rings. The monoisotopic (exact) mass is 294 g/mol. The molecule has 0 atom stereocenters. The number of fused-ring (bicyclic) bond motifs is 1. The predicted molar refractivity (Wildman–Crippen MR) is 84.0 cm³/mol. The van der Waals surface area contributed by atoms with Crippen LogP contribution in [0.2, 0.25) is 0 Å². The number of carbonyl (C=O) groups is 1. The van der Waals surface area contributed by atoms with Gasteiger partial charge in [-0.15, -0.1) is 0 Å². The molecule has 0 fully saturated rings. The van der Waals surface area contributed by atoms with E-state index in [1.165, 1.54) is 5.56 Å². The molecule has 0 aliphatic carbocycles. The van der Waals surface area contributed by atoms with E-state index in [0.717, 1.165) is 17.7 Å². The number of nitrogens with zero attached hydrogens (tertiary/aromatic N) is 1. The summed E-state index contributed by atoms with van der Waals surface area (Å²) in [7, 11) is 0. The van der Waals surface area contributed by atoms with Gasteiger partial charge in [-0.05, 0) is 18.1 Å². The summed E-state index contributed by atoms with van der Waals surface area (Å²) < 4.78 is 0. The minimum absolute atomic E-state index is 0.120. The van der Waals surface area contributed by atoms with Crippen LogP contribution in [0.1, 0.15) is 5.56 Å². The molecule has 22 heavy (non-hydrogen) atoms. The highest BCUT2D eigenvalue weighted by Gasteiger charge is 2.21. The van der Waals surface area contributed by atoms with Crippen molar-refractivity contribution in [3.05, 3.63) is 71.5 Å². The number of hydrogen-bond acceptors (Lipinski definition) is 5. The van der Waals surface area contributed by atoms with Crippen LogP contribution in [-0.4, -0.2) is 18.3 Å². The second-order valence-electron chi connectivity index (χ2n) is 4.87. The van der Waals surface area contributed by atoms with E-state index in [-0.39, 0.29) is 5.84 Å². The second-order valence-corrected chi connectivity index (χ2v) is 4.87. The number of hydrogen-bond donors (Lipinski definition) is 4. The maximum atomic E-state index is 11.4. The van der Waals surface area contributed by atoms with Gasteiger partial charge in [-0.3, -0.25) is 4.79 Å². The molecular weight excluding hydrogens is 278 g/mol. The molecule has 3 rings (SSSR count). The molecule has 2 heterocycles. The Labute approximate surface area is 128 Å². The number of nitrogens with one attached hydrogen (secondary N) is 3. The van der Waals surface area contributed by atoms with Gasteiger partial charge in [0.1, 0.15) is 5.82 Å². The van der Waals surface area contributed by atoms with Crippen molar-refractivity contribution in [2.24, 2.45) is 10.7 Å². The summed E-state index contributed by atoms with van der Waals surface area (Å²) in [4.78, 5) is 15.6. The fourth-order valence-electron chi connectivity index (χ4n) is 2.23. The first kappa shape index (κ1) is 13.9. The summed E-state index contributed by atoms with van der Waals surface area (Å²) in [6, 6.07) is 10.2. The van der Waals surface area contributed by atoms with Crippen molar-refractivity contribution >= 4 is 11.7 Å². The number of nitrogens with two attached hydrogens (primary N) is 1. The number of primary amides is 1. The first-order valence-corrected chi connectivity index (χ1v) is 6.96. The third kappa shape index (κ3) is 3.01. The summed E-state index contributed by atoms with van der Waals surface area (Å²) in [5.41, 5.74) is 8.13. The third-order valence-electron chi connectivity index (χ3n) is 3.32. The van der Waals surface area contributed by atoms with Gasteiger partial charge in [0, 0.05) is 18.3 Å². The van der Waals surface area contributed by atoms with Gasteiger partial charge in [0.05, 0.1) is 11.9 Å². The zero-order valence-corrected chi connectivity index (χ0v) is 11.9. The average molecular weight is 294 g/mol. The van der Waals surface area contributed by atoms with E-state index in [2.05, 4.69) is 39.3 Å². The van der Waals surface area contributed by atoms with Gasteiger partial charge in [-0.1, -0.05) is 30.3 Å². The molecule has 5 N–H and O–H groups in total. The van der Waals surface area contributed by atoms with E-state index in [1.807, 2.05) is 18.2 Å². The van der Waals surface area contributed by atoms with Crippen LogP contribution in [0.3, 0.4) is 0 Å². The van der Waals surface area contributed by atoms with Gasteiger partial charge in [-0.25, -0.2) is 4.99 Å². The zero-order valence-electron chi connectivity index (χ0n) is 11.9. The van der Waals surface area contributed by atoms with Gasteiger partial charge < -0.3 is 21.7 Å². The molecule has 0 aromatic heterocycles. The highest BCUT2D eigenvalue weighted by molar-refractivity contribution is 6.38. The van der Waals surface area contributed by atoms with Crippen LogP contribution in [0, 0.1) is 6.20 Å². The van der Waals surface area contributed by atoms with E-state index >= 15 is 0 Å². The molecule has 111 valence electrons. The zero-order chi connectivity index (χ0) is 15.4. The fraction of sp³-hybridized carbons (Fsp3) is 0.125. The highest BCUT2D eigenvalue weighted by atomic mass is 16.1. The molecule has 0 saturated heterocycles. The van der Waals surface area contributed by atoms with Crippen molar-refractivity contribution in [3.8, 4) is 0 Å². The summed E-state index contributed by atoms with van der Waals surface area (Å²) >= 11 is 0. The molecule has 0 saturated carbocycles. The molecule has 2 aliphatic heterocycles. The van der Waals surface area contributed by atoms with Crippen LogP contribution in [0.5, 0.6) is 0 Å². The van der Waals surface area contributed by atoms with Crippen LogP contribution in [0.25, 0.3) is 0 Å². The van der Waals surface area contributed by atoms with Crippen molar-refractivity contribution < 1.29 is 4.79 Å². The standard InChI is InChI=1S/C16H16N5O/c17-14(22)16-20-13-10-18-8-7-12(13)15(21-16)19-9-6-11-4-2-1-3-5-11/h1-5,7,10,18-19H,6,9H2,(H2,17,22)(H,20,21). The van der Waals surface area contributed by atoms with Crippen molar-refractivity contribution in [1.29, 1.82) is 0 Å². The van der Waals surface area contributed by atoms with Crippen LogP contribution < -0.4 is 21.7 Å². The number of amides is 1. The number of aliphatic imine (C=N–C) groups is 1. The van der Waals surface area contributed by atoms with Crippen LogP contribution >= 0.6 is 0 Å². The third-order valence-corrected chi connectivity index (χ3v) is 3.32. The smallest absolute Gasteiger partial charge is 0.284 e. The minimum atomic E-state index is -0.596. The lowest BCUT2D eigenvalue weighted by molar-refractivity contribution is -0.112. The lowest BCUT2D eigenvalue weighted by Crippen LogP contribution is -2.41. The van der Waals surface area contributed by atoms with Crippen LogP contribution in [-0.2, 0) is 11.2 Å². The Morgan fingerprint density at radius 3 is 2.91 bits per heavy atom.